The van der Waals surface area contributed by atoms with Gasteiger partial charge in [-0.05, 0) is 48.4 Å². The van der Waals surface area contributed by atoms with Crippen LogP contribution in [0.1, 0.15) is 42.7 Å². The van der Waals surface area contributed by atoms with Crippen molar-refractivity contribution in [1.29, 1.82) is 0 Å². The van der Waals surface area contributed by atoms with E-state index in [0.29, 0.717) is 12.6 Å². The number of hydrogen-bond donors (Lipinski definition) is 2. The molecule has 1 saturated heterocycles. The lowest BCUT2D eigenvalue weighted by Gasteiger charge is -2.16. The molecule has 1 aromatic carbocycles. The molecular weight excluding hydrogens is 320 g/mol. The predicted molar refractivity (Wildman–Crippen MR) is 98.2 cm³/mol. The van der Waals surface area contributed by atoms with Crippen molar-refractivity contribution >= 4 is 22.9 Å². The lowest BCUT2D eigenvalue weighted by atomic mass is 10.1. The average molecular weight is 344 g/mol. The molecule has 1 fully saturated rings. The number of carbonyl (C=O) groups is 1. The lowest BCUT2D eigenvalue weighted by Crippen LogP contribution is -2.27. The monoisotopic (exact) mass is 344 g/mol. The van der Waals surface area contributed by atoms with Gasteiger partial charge in [0.05, 0.1) is 0 Å². The number of benzene rings is 1. The average Bonchev–Trinajstić information content (AvgIpc) is 3.30. The van der Waals surface area contributed by atoms with E-state index in [1.807, 2.05) is 18.2 Å². The topological polar surface area (TPSA) is 50.4 Å². The predicted octanol–water partition coefficient (Wildman–Crippen LogP) is 4.11. The van der Waals surface area contributed by atoms with Crippen molar-refractivity contribution in [3.63, 3.8) is 0 Å². The summed E-state index contributed by atoms with van der Waals surface area (Å²) in [5, 5.41) is 8.67. The Morgan fingerprint density at radius 2 is 2.29 bits per heavy atom. The Hall–Kier alpha value is -1.69. The summed E-state index contributed by atoms with van der Waals surface area (Å²) in [6.07, 6.45) is 2.53. The van der Waals surface area contributed by atoms with Gasteiger partial charge in [0.2, 0.25) is 0 Å². The maximum absolute atomic E-state index is 12.1. The Kier molecular flexibility index (Phi) is 6.01. The molecule has 24 heavy (non-hydrogen) atoms. The second kappa shape index (κ2) is 8.42. The fourth-order valence-electron chi connectivity index (χ4n) is 2.94. The molecule has 0 saturated carbocycles. The summed E-state index contributed by atoms with van der Waals surface area (Å²) in [6, 6.07) is 12.6. The van der Waals surface area contributed by atoms with E-state index in [9.17, 15) is 4.79 Å². The Morgan fingerprint density at radius 3 is 3.00 bits per heavy atom. The second-order valence-corrected chi connectivity index (χ2v) is 7.03. The van der Waals surface area contributed by atoms with Crippen LogP contribution in [0.5, 0.6) is 0 Å². The van der Waals surface area contributed by atoms with E-state index in [4.69, 9.17) is 4.74 Å². The van der Waals surface area contributed by atoms with E-state index < -0.39 is 0 Å². The van der Waals surface area contributed by atoms with E-state index in [-0.39, 0.29) is 12.0 Å². The minimum Gasteiger partial charge on any atom is -0.368 e. The summed E-state index contributed by atoms with van der Waals surface area (Å²) < 4.78 is 5.43. The van der Waals surface area contributed by atoms with Crippen molar-refractivity contribution in [1.82, 2.24) is 5.32 Å². The molecule has 1 aliphatic rings. The molecule has 0 bridgehead atoms. The van der Waals surface area contributed by atoms with E-state index in [1.165, 1.54) is 4.88 Å². The fraction of sp³-hybridized carbons (Fsp3) is 0.421. The SMILES string of the molecule is CC[C@H](NCc1cccc(NC(=O)[C@@H]2CCCO2)c1)c1cccs1. The van der Waals surface area contributed by atoms with Crippen molar-refractivity contribution in [3.05, 3.63) is 52.2 Å². The van der Waals surface area contributed by atoms with Crippen LogP contribution in [0.15, 0.2) is 41.8 Å². The molecule has 0 spiro atoms. The van der Waals surface area contributed by atoms with Crippen molar-refractivity contribution in [2.45, 2.75) is 44.9 Å². The first-order valence-corrected chi connectivity index (χ1v) is 9.42. The van der Waals surface area contributed by atoms with Gasteiger partial charge in [-0.15, -0.1) is 11.3 Å². The number of anilines is 1. The van der Waals surface area contributed by atoms with Crippen LogP contribution in [0.3, 0.4) is 0 Å². The van der Waals surface area contributed by atoms with Crippen LogP contribution >= 0.6 is 11.3 Å². The first-order chi connectivity index (χ1) is 11.8. The lowest BCUT2D eigenvalue weighted by molar-refractivity contribution is -0.124. The van der Waals surface area contributed by atoms with Gasteiger partial charge in [0, 0.05) is 29.8 Å². The standard InChI is InChI=1S/C19H24N2O2S/c1-2-16(18-9-5-11-24-18)20-13-14-6-3-7-15(12-14)21-19(22)17-8-4-10-23-17/h3,5-7,9,11-12,16-17,20H,2,4,8,10,13H2,1H3,(H,21,22)/t16-,17-/m0/s1. The van der Waals surface area contributed by atoms with Crippen molar-refractivity contribution in [3.8, 4) is 0 Å². The minimum atomic E-state index is -0.296. The van der Waals surface area contributed by atoms with E-state index in [2.05, 4.69) is 41.1 Å². The first kappa shape index (κ1) is 17.1. The number of thiophene rings is 1. The van der Waals surface area contributed by atoms with Gasteiger partial charge in [0.25, 0.3) is 5.91 Å². The van der Waals surface area contributed by atoms with Gasteiger partial charge in [-0.3, -0.25) is 4.79 Å². The molecule has 0 radical (unpaired) electrons. The maximum atomic E-state index is 12.1. The van der Waals surface area contributed by atoms with Crippen LogP contribution in [0, 0.1) is 0 Å². The van der Waals surface area contributed by atoms with E-state index in [1.54, 1.807) is 11.3 Å². The number of rotatable bonds is 7. The zero-order valence-corrected chi connectivity index (χ0v) is 14.8. The van der Waals surface area contributed by atoms with Gasteiger partial charge >= 0.3 is 0 Å². The minimum absolute atomic E-state index is 0.0392. The summed E-state index contributed by atoms with van der Waals surface area (Å²) in [5.74, 6) is -0.0392. The molecule has 0 aliphatic carbocycles. The Labute approximate surface area is 147 Å². The molecule has 2 N–H and O–H groups in total. The van der Waals surface area contributed by atoms with Crippen LogP contribution in [-0.4, -0.2) is 18.6 Å². The summed E-state index contributed by atoms with van der Waals surface area (Å²) in [6.45, 7) is 3.65. The molecule has 128 valence electrons. The molecule has 1 aliphatic heterocycles. The van der Waals surface area contributed by atoms with E-state index >= 15 is 0 Å². The highest BCUT2D eigenvalue weighted by atomic mass is 32.1. The Balaban J connectivity index is 1.57. The van der Waals surface area contributed by atoms with E-state index in [0.717, 1.165) is 37.1 Å². The maximum Gasteiger partial charge on any atom is 0.253 e. The molecule has 2 aromatic rings. The molecule has 1 aromatic heterocycles. The molecule has 0 unspecified atom stereocenters. The number of ether oxygens (including phenoxy) is 1. The molecule has 3 rings (SSSR count). The largest absolute Gasteiger partial charge is 0.368 e. The number of nitrogens with one attached hydrogen (secondary N) is 2. The van der Waals surface area contributed by atoms with Crippen molar-refractivity contribution in [2.75, 3.05) is 11.9 Å². The quantitative estimate of drug-likeness (QED) is 0.795. The van der Waals surface area contributed by atoms with Crippen LogP contribution in [0.4, 0.5) is 5.69 Å². The van der Waals surface area contributed by atoms with Gasteiger partial charge in [0.1, 0.15) is 6.10 Å². The zero-order chi connectivity index (χ0) is 16.8. The van der Waals surface area contributed by atoms with Crippen LogP contribution in [-0.2, 0) is 16.1 Å². The number of hydrogen-bond acceptors (Lipinski definition) is 4. The van der Waals surface area contributed by atoms with Gasteiger partial charge < -0.3 is 15.4 Å². The van der Waals surface area contributed by atoms with Gasteiger partial charge in [-0.25, -0.2) is 0 Å². The third-order valence-corrected chi connectivity index (χ3v) is 5.25. The normalized spacial score (nSPS) is 18.5. The summed E-state index contributed by atoms with van der Waals surface area (Å²) in [7, 11) is 0. The molecule has 2 atom stereocenters. The Bertz CT molecular complexity index is 651. The number of amides is 1. The van der Waals surface area contributed by atoms with Crippen LogP contribution in [0.2, 0.25) is 0 Å². The van der Waals surface area contributed by atoms with Crippen molar-refractivity contribution < 1.29 is 9.53 Å². The van der Waals surface area contributed by atoms with Gasteiger partial charge in [0.15, 0.2) is 0 Å². The highest BCUT2D eigenvalue weighted by molar-refractivity contribution is 7.10. The van der Waals surface area contributed by atoms with Crippen LogP contribution in [0.25, 0.3) is 0 Å². The highest BCUT2D eigenvalue weighted by Crippen LogP contribution is 2.22. The molecule has 1 amide bonds. The highest BCUT2D eigenvalue weighted by Gasteiger charge is 2.23. The van der Waals surface area contributed by atoms with Gasteiger partial charge in [-0.1, -0.05) is 25.1 Å². The molecular formula is C19H24N2O2S. The van der Waals surface area contributed by atoms with Gasteiger partial charge in [-0.2, -0.15) is 0 Å². The smallest absolute Gasteiger partial charge is 0.253 e. The molecule has 5 heteroatoms. The second-order valence-electron chi connectivity index (χ2n) is 6.05. The Morgan fingerprint density at radius 1 is 1.38 bits per heavy atom. The van der Waals surface area contributed by atoms with Crippen molar-refractivity contribution in [2.24, 2.45) is 0 Å². The number of carbonyl (C=O) groups excluding carboxylic acids is 1. The molecule has 4 nitrogen and oxygen atoms in total. The summed E-state index contributed by atoms with van der Waals surface area (Å²) >= 11 is 1.78. The summed E-state index contributed by atoms with van der Waals surface area (Å²) in [5.41, 5.74) is 1.99. The fourth-order valence-corrected chi connectivity index (χ4v) is 3.83. The molecule has 2 heterocycles. The first-order valence-electron chi connectivity index (χ1n) is 8.54. The summed E-state index contributed by atoms with van der Waals surface area (Å²) in [4.78, 5) is 13.5. The van der Waals surface area contributed by atoms with Crippen LogP contribution < -0.4 is 10.6 Å². The third-order valence-electron chi connectivity index (χ3n) is 4.26. The zero-order valence-electron chi connectivity index (χ0n) is 14.0. The third kappa shape index (κ3) is 4.44.